The van der Waals surface area contributed by atoms with Gasteiger partial charge in [-0.1, -0.05) is 6.92 Å². The fourth-order valence-electron chi connectivity index (χ4n) is 2.80. The van der Waals surface area contributed by atoms with Crippen molar-refractivity contribution in [2.24, 2.45) is 17.8 Å². The highest BCUT2D eigenvalue weighted by Crippen LogP contribution is 2.38. The molecule has 1 saturated heterocycles. The molecule has 1 aliphatic carbocycles. The molecule has 0 aromatic heterocycles. The first-order valence-corrected chi connectivity index (χ1v) is 7.11. The van der Waals surface area contributed by atoms with E-state index in [1.54, 1.807) is 0 Å². The second kappa shape index (κ2) is 5.85. The van der Waals surface area contributed by atoms with Crippen molar-refractivity contribution in [2.45, 2.75) is 39.0 Å². The predicted octanol–water partition coefficient (Wildman–Crippen LogP) is 1.88. The van der Waals surface area contributed by atoms with Gasteiger partial charge >= 0.3 is 0 Å². The summed E-state index contributed by atoms with van der Waals surface area (Å²) in [6.45, 7) is 5.51. The predicted molar refractivity (Wildman–Crippen MR) is 69.7 cm³/mol. The van der Waals surface area contributed by atoms with Gasteiger partial charge in [0, 0.05) is 20.0 Å². The van der Waals surface area contributed by atoms with E-state index >= 15 is 0 Å². The number of hydrogen-bond donors (Lipinski definition) is 1. The summed E-state index contributed by atoms with van der Waals surface area (Å²) >= 11 is 0. The molecule has 1 amide bonds. The number of carbonyl (C=O) groups is 1. The fraction of sp³-hybridized carbons (Fsp3) is 0.929. The Morgan fingerprint density at radius 1 is 1.47 bits per heavy atom. The Labute approximate surface area is 105 Å². The number of hydrogen-bond acceptors (Lipinski definition) is 2. The molecule has 1 heterocycles. The van der Waals surface area contributed by atoms with Gasteiger partial charge in [0.05, 0.1) is 0 Å². The Morgan fingerprint density at radius 3 is 2.82 bits per heavy atom. The number of nitrogens with zero attached hydrogens (tertiary/aromatic N) is 1. The third-order valence-corrected chi connectivity index (χ3v) is 4.38. The Hall–Kier alpha value is -0.570. The van der Waals surface area contributed by atoms with E-state index in [0.29, 0.717) is 5.91 Å². The van der Waals surface area contributed by atoms with Gasteiger partial charge in [0.1, 0.15) is 0 Å². The molecule has 3 unspecified atom stereocenters. The van der Waals surface area contributed by atoms with Crippen molar-refractivity contribution in [1.82, 2.24) is 10.2 Å². The zero-order valence-corrected chi connectivity index (χ0v) is 11.2. The van der Waals surface area contributed by atoms with Crippen LogP contribution in [0, 0.1) is 17.8 Å². The summed E-state index contributed by atoms with van der Waals surface area (Å²) in [5.41, 5.74) is 0. The molecule has 17 heavy (non-hydrogen) atoms. The zero-order valence-electron chi connectivity index (χ0n) is 11.2. The summed E-state index contributed by atoms with van der Waals surface area (Å²) in [5, 5.41) is 3.41. The molecule has 98 valence electrons. The minimum atomic E-state index is 0.342. The van der Waals surface area contributed by atoms with Crippen molar-refractivity contribution < 1.29 is 4.79 Å². The highest BCUT2D eigenvalue weighted by Gasteiger charge is 2.34. The molecule has 1 N–H and O–H groups in total. The van der Waals surface area contributed by atoms with Crippen LogP contribution in [0.4, 0.5) is 0 Å². The Kier molecular flexibility index (Phi) is 4.43. The first kappa shape index (κ1) is 12.9. The van der Waals surface area contributed by atoms with E-state index < -0.39 is 0 Å². The SMILES string of the molecule is CC1CC1CN(C)C(=O)CCC1CCCNC1. The second-order valence-corrected chi connectivity index (χ2v) is 6.00. The summed E-state index contributed by atoms with van der Waals surface area (Å²) in [4.78, 5) is 13.9. The number of nitrogens with one attached hydrogen (secondary N) is 1. The lowest BCUT2D eigenvalue weighted by molar-refractivity contribution is -0.130. The molecule has 0 aromatic rings. The summed E-state index contributed by atoms with van der Waals surface area (Å²) in [6, 6.07) is 0. The number of piperidine rings is 1. The molecule has 2 rings (SSSR count). The van der Waals surface area contributed by atoms with Gasteiger partial charge in [0.25, 0.3) is 0 Å². The maximum absolute atomic E-state index is 12.0. The lowest BCUT2D eigenvalue weighted by atomic mass is 9.94. The molecule has 3 atom stereocenters. The molecule has 2 fully saturated rings. The lowest BCUT2D eigenvalue weighted by Gasteiger charge is -2.23. The summed E-state index contributed by atoms with van der Waals surface area (Å²) in [6.07, 6.45) is 5.68. The first-order chi connectivity index (χ1) is 8.16. The number of rotatable bonds is 5. The molecular formula is C14H26N2O. The third-order valence-electron chi connectivity index (χ3n) is 4.38. The minimum Gasteiger partial charge on any atom is -0.345 e. The molecule has 0 radical (unpaired) electrons. The van der Waals surface area contributed by atoms with E-state index in [1.807, 2.05) is 11.9 Å². The van der Waals surface area contributed by atoms with Crippen molar-refractivity contribution in [3.8, 4) is 0 Å². The van der Waals surface area contributed by atoms with Gasteiger partial charge in [0.2, 0.25) is 5.91 Å². The van der Waals surface area contributed by atoms with Crippen LogP contribution >= 0.6 is 0 Å². The van der Waals surface area contributed by atoms with E-state index in [9.17, 15) is 4.79 Å². The van der Waals surface area contributed by atoms with Gasteiger partial charge in [-0.2, -0.15) is 0 Å². The summed E-state index contributed by atoms with van der Waals surface area (Å²) in [5.74, 6) is 2.68. The van der Waals surface area contributed by atoms with E-state index in [4.69, 9.17) is 0 Å². The van der Waals surface area contributed by atoms with Crippen LogP contribution < -0.4 is 5.32 Å². The molecule has 1 saturated carbocycles. The van der Waals surface area contributed by atoms with Crippen molar-refractivity contribution >= 4 is 5.91 Å². The molecule has 0 bridgehead atoms. The van der Waals surface area contributed by atoms with Crippen LogP contribution in [0.15, 0.2) is 0 Å². The summed E-state index contributed by atoms with van der Waals surface area (Å²) < 4.78 is 0. The molecule has 2 aliphatic rings. The molecule has 1 aliphatic heterocycles. The Bertz CT molecular complexity index is 261. The van der Waals surface area contributed by atoms with E-state index in [0.717, 1.165) is 50.2 Å². The van der Waals surface area contributed by atoms with Crippen molar-refractivity contribution in [3.05, 3.63) is 0 Å². The van der Waals surface area contributed by atoms with Gasteiger partial charge in [0.15, 0.2) is 0 Å². The van der Waals surface area contributed by atoms with Crippen LogP contribution in [0.25, 0.3) is 0 Å². The van der Waals surface area contributed by atoms with Crippen molar-refractivity contribution in [1.29, 1.82) is 0 Å². The van der Waals surface area contributed by atoms with Crippen LogP contribution in [0.1, 0.15) is 39.0 Å². The van der Waals surface area contributed by atoms with Crippen LogP contribution in [0.5, 0.6) is 0 Å². The van der Waals surface area contributed by atoms with E-state index in [2.05, 4.69) is 12.2 Å². The zero-order chi connectivity index (χ0) is 12.3. The maximum Gasteiger partial charge on any atom is 0.222 e. The van der Waals surface area contributed by atoms with Crippen LogP contribution in [-0.4, -0.2) is 37.5 Å². The molecule has 3 nitrogen and oxygen atoms in total. The standard InChI is InChI=1S/C14H26N2O/c1-11-8-13(11)10-16(2)14(17)6-5-12-4-3-7-15-9-12/h11-13,15H,3-10H2,1-2H3. The fourth-order valence-corrected chi connectivity index (χ4v) is 2.80. The summed E-state index contributed by atoms with van der Waals surface area (Å²) in [7, 11) is 1.96. The van der Waals surface area contributed by atoms with Gasteiger partial charge in [-0.25, -0.2) is 0 Å². The van der Waals surface area contributed by atoms with Crippen molar-refractivity contribution in [2.75, 3.05) is 26.7 Å². The van der Waals surface area contributed by atoms with Gasteiger partial charge in [-0.3, -0.25) is 4.79 Å². The average molecular weight is 238 g/mol. The highest BCUT2D eigenvalue weighted by atomic mass is 16.2. The molecule has 0 aromatic carbocycles. The lowest BCUT2D eigenvalue weighted by Crippen LogP contribution is -2.32. The third kappa shape index (κ3) is 3.98. The molecule has 3 heteroatoms. The maximum atomic E-state index is 12.0. The monoisotopic (exact) mass is 238 g/mol. The van der Waals surface area contributed by atoms with Crippen LogP contribution in [-0.2, 0) is 4.79 Å². The van der Waals surface area contributed by atoms with Gasteiger partial charge in [-0.15, -0.1) is 0 Å². The van der Waals surface area contributed by atoms with Gasteiger partial charge < -0.3 is 10.2 Å². The largest absolute Gasteiger partial charge is 0.345 e. The Balaban J connectivity index is 1.62. The van der Waals surface area contributed by atoms with E-state index in [1.165, 1.54) is 19.3 Å². The van der Waals surface area contributed by atoms with Crippen molar-refractivity contribution in [3.63, 3.8) is 0 Å². The minimum absolute atomic E-state index is 0.342. The normalized spacial score (nSPS) is 32.2. The smallest absolute Gasteiger partial charge is 0.222 e. The van der Waals surface area contributed by atoms with Crippen LogP contribution in [0.3, 0.4) is 0 Å². The first-order valence-electron chi connectivity index (χ1n) is 7.11. The van der Waals surface area contributed by atoms with Gasteiger partial charge in [-0.05, 0) is 56.5 Å². The number of carbonyl (C=O) groups excluding carboxylic acids is 1. The topological polar surface area (TPSA) is 32.3 Å². The molecule has 0 spiro atoms. The average Bonchev–Trinajstić information content (AvgIpc) is 3.03. The van der Waals surface area contributed by atoms with Crippen LogP contribution in [0.2, 0.25) is 0 Å². The molecular weight excluding hydrogens is 212 g/mol. The van der Waals surface area contributed by atoms with E-state index in [-0.39, 0.29) is 0 Å². The second-order valence-electron chi connectivity index (χ2n) is 6.00. The Morgan fingerprint density at radius 2 is 2.24 bits per heavy atom. The quantitative estimate of drug-likeness (QED) is 0.793. The number of amides is 1. The highest BCUT2D eigenvalue weighted by molar-refractivity contribution is 5.75.